The average molecular weight is 301 g/mol. The van der Waals surface area contributed by atoms with Gasteiger partial charge < -0.3 is 5.32 Å². The SMILES string of the molecule is Cc1cccc(-c2csc(Nc3cccc(Cl)c3)n2)c1. The van der Waals surface area contributed by atoms with Crippen molar-refractivity contribution in [2.45, 2.75) is 6.92 Å². The maximum Gasteiger partial charge on any atom is 0.187 e. The maximum absolute atomic E-state index is 5.97. The second-order valence-electron chi connectivity index (χ2n) is 4.54. The van der Waals surface area contributed by atoms with Crippen LogP contribution in [0.25, 0.3) is 11.3 Å². The predicted molar refractivity (Wildman–Crippen MR) is 87.0 cm³/mol. The van der Waals surface area contributed by atoms with Crippen molar-refractivity contribution in [2.75, 3.05) is 5.32 Å². The zero-order valence-corrected chi connectivity index (χ0v) is 12.5. The summed E-state index contributed by atoms with van der Waals surface area (Å²) in [6, 6.07) is 16.0. The highest BCUT2D eigenvalue weighted by atomic mass is 35.5. The molecule has 0 saturated heterocycles. The van der Waals surface area contributed by atoms with Gasteiger partial charge in [0.1, 0.15) is 0 Å². The number of benzene rings is 2. The molecular weight excluding hydrogens is 288 g/mol. The van der Waals surface area contributed by atoms with Crippen molar-refractivity contribution in [1.82, 2.24) is 4.98 Å². The van der Waals surface area contributed by atoms with Crippen molar-refractivity contribution < 1.29 is 0 Å². The number of hydrogen-bond donors (Lipinski definition) is 1. The van der Waals surface area contributed by atoms with Gasteiger partial charge in [0.05, 0.1) is 5.69 Å². The molecule has 2 aromatic carbocycles. The molecule has 3 aromatic rings. The number of nitrogens with one attached hydrogen (secondary N) is 1. The van der Waals surface area contributed by atoms with Crippen LogP contribution in [0.5, 0.6) is 0 Å². The van der Waals surface area contributed by atoms with Crippen LogP contribution in [0.4, 0.5) is 10.8 Å². The molecular formula is C16H13ClN2S. The van der Waals surface area contributed by atoms with Crippen molar-refractivity contribution in [2.24, 2.45) is 0 Å². The summed E-state index contributed by atoms with van der Waals surface area (Å²) in [6.07, 6.45) is 0. The molecule has 100 valence electrons. The van der Waals surface area contributed by atoms with E-state index in [4.69, 9.17) is 11.6 Å². The van der Waals surface area contributed by atoms with Gasteiger partial charge in [0.25, 0.3) is 0 Å². The van der Waals surface area contributed by atoms with E-state index < -0.39 is 0 Å². The number of nitrogens with zero attached hydrogens (tertiary/aromatic N) is 1. The Morgan fingerprint density at radius 1 is 1.10 bits per heavy atom. The minimum atomic E-state index is 0.713. The lowest BCUT2D eigenvalue weighted by Crippen LogP contribution is -1.89. The molecule has 4 heteroatoms. The van der Waals surface area contributed by atoms with Gasteiger partial charge in [-0.25, -0.2) is 4.98 Å². The van der Waals surface area contributed by atoms with E-state index in [1.165, 1.54) is 5.56 Å². The first-order chi connectivity index (χ1) is 9.70. The Morgan fingerprint density at radius 2 is 1.95 bits per heavy atom. The standard InChI is InChI=1S/C16H13ClN2S/c1-11-4-2-5-12(8-11)15-10-20-16(19-15)18-14-7-3-6-13(17)9-14/h2-10H,1H3,(H,18,19). The van der Waals surface area contributed by atoms with Crippen molar-refractivity contribution in [1.29, 1.82) is 0 Å². The highest BCUT2D eigenvalue weighted by Gasteiger charge is 2.05. The molecule has 0 radical (unpaired) electrons. The second kappa shape index (κ2) is 5.65. The van der Waals surface area contributed by atoms with Gasteiger partial charge in [0.2, 0.25) is 0 Å². The molecule has 0 unspecified atom stereocenters. The zero-order valence-electron chi connectivity index (χ0n) is 10.9. The van der Waals surface area contributed by atoms with Crippen LogP contribution in [0.2, 0.25) is 5.02 Å². The smallest absolute Gasteiger partial charge is 0.187 e. The van der Waals surface area contributed by atoms with Crippen LogP contribution in [-0.4, -0.2) is 4.98 Å². The van der Waals surface area contributed by atoms with Crippen LogP contribution in [0.1, 0.15) is 5.56 Å². The topological polar surface area (TPSA) is 24.9 Å². The quantitative estimate of drug-likeness (QED) is 0.689. The fraction of sp³-hybridized carbons (Fsp3) is 0.0625. The Hall–Kier alpha value is -1.84. The lowest BCUT2D eigenvalue weighted by atomic mass is 10.1. The molecule has 0 aliphatic rings. The van der Waals surface area contributed by atoms with E-state index in [9.17, 15) is 0 Å². The number of aryl methyl sites for hydroxylation is 1. The summed E-state index contributed by atoms with van der Waals surface area (Å²) in [7, 11) is 0. The van der Waals surface area contributed by atoms with E-state index in [0.717, 1.165) is 22.1 Å². The van der Waals surface area contributed by atoms with Gasteiger partial charge in [0, 0.05) is 21.7 Å². The molecule has 0 fully saturated rings. The third-order valence-corrected chi connectivity index (χ3v) is 3.89. The number of hydrogen-bond acceptors (Lipinski definition) is 3. The first-order valence-electron chi connectivity index (χ1n) is 6.26. The Kier molecular flexibility index (Phi) is 3.72. The minimum Gasteiger partial charge on any atom is -0.331 e. The third kappa shape index (κ3) is 3.00. The van der Waals surface area contributed by atoms with E-state index in [1.807, 2.05) is 30.3 Å². The molecule has 1 N–H and O–H groups in total. The number of anilines is 2. The largest absolute Gasteiger partial charge is 0.331 e. The molecule has 0 amide bonds. The van der Waals surface area contributed by atoms with Gasteiger partial charge in [-0.05, 0) is 31.2 Å². The highest BCUT2D eigenvalue weighted by molar-refractivity contribution is 7.14. The van der Waals surface area contributed by atoms with Crippen LogP contribution in [-0.2, 0) is 0 Å². The summed E-state index contributed by atoms with van der Waals surface area (Å²) in [5, 5.41) is 6.91. The molecule has 2 nitrogen and oxygen atoms in total. The first kappa shape index (κ1) is 13.2. The van der Waals surface area contributed by atoms with Crippen LogP contribution >= 0.6 is 22.9 Å². The summed E-state index contributed by atoms with van der Waals surface area (Å²) >= 11 is 7.56. The monoisotopic (exact) mass is 300 g/mol. The maximum atomic E-state index is 5.97. The Balaban J connectivity index is 1.84. The normalized spacial score (nSPS) is 10.5. The molecule has 1 aromatic heterocycles. The van der Waals surface area contributed by atoms with E-state index in [1.54, 1.807) is 11.3 Å². The number of halogens is 1. The van der Waals surface area contributed by atoms with Gasteiger partial charge in [0.15, 0.2) is 5.13 Å². The fourth-order valence-corrected chi connectivity index (χ4v) is 2.89. The van der Waals surface area contributed by atoms with Gasteiger partial charge in [-0.3, -0.25) is 0 Å². The number of rotatable bonds is 3. The summed E-state index contributed by atoms with van der Waals surface area (Å²) in [6.45, 7) is 2.08. The number of thiazole rings is 1. The lowest BCUT2D eigenvalue weighted by molar-refractivity contribution is 1.37. The van der Waals surface area contributed by atoms with Crippen molar-refractivity contribution in [3.8, 4) is 11.3 Å². The van der Waals surface area contributed by atoms with Crippen molar-refractivity contribution >= 4 is 33.8 Å². The van der Waals surface area contributed by atoms with Crippen LogP contribution in [0.15, 0.2) is 53.9 Å². The molecule has 0 atom stereocenters. The third-order valence-electron chi connectivity index (χ3n) is 2.89. The molecule has 0 aliphatic heterocycles. The van der Waals surface area contributed by atoms with Crippen LogP contribution < -0.4 is 5.32 Å². The van der Waals surface area contributed by atoms with Gasteiger partial charge in [-0.2, -0.15) is 0 Å². The van der Waals surface area contributed by atoms with E-state index in [2.05, 4.69) is 40.8 Å². The van der Waals surface area contributed by atoms with E-state index in [-0.39, 0.29) is 0 Å². The van der Waals surface area contributed by atoms with Crippen LogP contribution in [0.3, 0.4) is 0 Å². The average Bonchev–Trinajstić information content (AvgIpc) is 2.87. The molecule has 0 aliphatic carbocycles. The summed E-state index contributed by atoms with van der Waals surface area (Å²) in [5.41, 5.74) is 4.31. The van der Waals surface area contributed by atoms with E-state index >= 15 is 0 Å². The number of aromatic nitrogens is 1. The van der Waals surface area contributed by atoms with Gasteiger partial charge in [-0.15, -0.1) is 11.3 Å². The lowest BCUT2D eigenvalue weighted by Gasteiger charge is -2.02. The Bertz CT molecular complexity index is 737. The second-order valence-corrected chi connectivity index (χ2v) is 5.84. The first-order valence-corrected chi connectivity index (χ1v) is 7.52. The molecule has 20 heavy (non-hydrogen) atoms. The minimum absolute atomic E-state index is 0.713. The summed E-state index contributed by atoms with van der Waals surface area (Å²) < 4.78 is 0. The fourth-order valence-electron chi connectivity index (χ4n) is 1.96. The predicted octanol–water partition coefficient (Wildman–Crippen LogP) is 5.52. The Morgan fingerprint density at radius 3 is 2.75 bits per heavy atom. The molecule has 0 saturated carbocycles. The summed E-state index contributed by atoms with van der Waals surface area (Å²) in [5.74, 6) is 0. The van der Waals surface area contributed by atoms with Gasteiger partial charge in [-0.1, -0.05) is 41.4 Å². The van der Waals surface area contributed by atoms with E-state index in [0.29, 0.717) is 5.02 Å². The van der Waals surface area contributed by atoms with Crippen LogP contribution in [0, 0.1) is 6.92 Å². The molecule has 1 heterocycles. The molecule has 0 spiro atoms. The zero-order chi connectivity index (χ0) is 13.9. The summed E-state index contributed by atoms with van der Waals surface area (Å²) in [4.78, 5) is 4.61. The Labute approximate surface area is 127 Å². The van der Waals surface area contributed by atoms with Gasteiger partial charge >= 0.3 is 0 Å². The van der Waals surface area contributed by atoms with Crippen molar-refractivity contribution in [3.05, 3.63) is 64.5 Å². The molecule has 3 rings (SSSR count). The highest BCUT2D eigenvalue weighted by Crippen LogP contribution is 2.28. The van der Waals surface area contributed by atoms with Crippen molar-refractivity contribution in [3.63, 3.8) is 0 Å². The molecule has 0 bridgehead atoms.